The van der Waals surface area contributed by atoms with E-state index in [0.717, 1.165) is 10.6 Å². The van der Waals surface area contributed by atoms with Gasteiger partial charge in [-0.2, -0.15) is 0 Å². The highest BCUT2D eigenvalue weighted by atomic mass is 32.2. The van der Waals surface area contributed by atoms with Crippen LogP contribution >= 0.6 is 11.8 Å². The topological polar surface area (TPSA) is 70.1 Å². The van der Waals surface area contributed by atoms with Crippen molar-refractivity contribution in [1.82, 2.24) is 5.06 Å². The zero-order valence-electron chi connectivity index (χ0n) is 11.8. The van der Waals surface area contributed by atoms with Gasteiger partial charge in [0.1, 0.15) is 5.25 Å². The number of hydroxylamine groups is 2. The third-order valence-electron chi connectivity index (χ3n) is 3.10. The number of amides is 2. The average Bonchev–Trinajstić information content (AvgIpc) is 2.50. The summed E-state index contributed by atoms with van der Waals surface area (Å²) >= 11 is 1.36. The minimum atomic E-state index is -0.517. The normalized spacial score (nSPS) is 17.5. The molecule has 1 unspecified atom stereocenters. The zero-order valence-corrected chi connectivity index (χ0v) is 12.6. The first-order chi connectivity index (χ1) is 10.2. The number of fused-ring (bicyclic) bond motifs is 1. The van der Waals surface area contributed by atoms with E-state index in [2.05, 4.69) is 0 Å². The number of nitrogens with zero attached hydrogens (tertiary/aromatic N) is 2. The highest BCUT2D eigenvalue weighted by molar-refractivity contribution is 8.01. The second-order valence-electron chi connectivity index (χ2n) is 4.49. The van der Waals surface area contributed by atoms with Crippen molar-refractivity contribution < 1.29 is 19.5 Å². The molecule has 0 fully saturated rings. The van der Waals surface area contributed by atoms with Crippen molar-refractivity contribution in [2.75, 3.05) is 31.2 Å². The molecule has 1 aromatic carbocycles. The van der Waals surface area contributed by atoms with Gasteiger partial charge in [-0.1, -0.05) is 12.1 Å². The van der Waals surface area contributed by atoms with Crippen molar-refractivity contribution in [2.45, 2.75) is 17.1 Å². The van der Waals surface area contributed by atoms with Gasteiger partial charge in [0.2, 0.25) is 12.3 Å². The van der Waals surface area contributed by atoms with Crippen molar-refractivity contribution in [3.63, 3.8) is 0 Å². The number of carbonyl (C=O) groups is 2. The lowest BCUT2D eigenvalue weighted by Gasteiger charge is -2.34. The average molecular weight is 310 g/mol. The number of hydrogen-bond acceptors (Lipinski definition) is 5. The van der Waals surface area contributed by atoms with E-state index in [4.69, 9.17) is 4.74 Å². The van der Waals surface area contributed by atoms with Crippen molar-refractivity contribution in [2.24, 2.45) is 0 Å². The number of anilines is 1. The molecule has 0 saturated carbocycles. The lowest BCUT2D eigenvalue weighted by molar-refractivity contribution is -0.150. The Morgan fingerprint density at radius 2 is 2.24 bits per heavy atom. The van der Waals surface area contributed by atoms with E-state index in [1.54, 1.807) is 4.90 Å². The Kier molecular flexibility index (Phi) is 5.60. The predicted molar refractivity (Wildman–Crippen MR) is 79.5 cm³/mol. The van der Waals surface area contributed by atoms with Crippen LogP contribution in [0, 0.1) is 0 Å². The summed E-state index contributed by atoms with van der Waals surface area (Å²) in [6, 6.07) is 7.59. The monoisotopic (exact) mass is 310 g/mol. The van der Waals surface area contributed by atoms with E-state index >= 15 is 0 Å². The maximum absolute atomic E-state index is 12.5. The lowest BCUT2D eigenvalue weighted by Crippen LogP contribution is -2.46. The Bertz CT molecular complexity index is 512. The Balaban J connectivity index is 2.19. The third kappa shape index (κ3) is 3.75. The molecular weight excluding hydrogens is 292 g/mol. The number of rotatable bonds is 7. The molecule has 0 bridgehead atoms. The largest absolute Gasteiger partial charge is 0.380 e. The van der Waals surface area contributed by atoms with Crippen LogP contribution in [-0.4, -0.2) is 54.1 Å². The molecule has 114 valence electrons. The molecule has 1 N–H and O–H groups in total. The van der Waals surface area contributed by atoms with Gasteiger partial charge in [0.25, 0.3) is 0 Å². The Morgan fingerprint density at radius 1 is 1.48 bits per heavy atom. The molecule has 1 heterocycles. The van der Waals surface area contributed by atoms with Crippen LogP contribution in [0.15, 0.2) is 29.2 Å². The van der Waals surface area contributed by atoms with E-state index in [0.29, 0.717) is 31.2 Å². The molecule has 6 nitrogen and oxygen atoms in total. The lowest BCUT2D eigenvalue weighted by atomic mass is 10.2. The van der Waals surface area contributed by atoms with Gasteiger partial charge >= 0.3 is 0 Å². The third-order valence-corrected chi connectivity index (χ3v) is 4.34. The second-order valence-corrected chi connectivity index (χ2v) is 5.73. The van der Waals surface area contributed by atoms with Gasteiger partial charge in [-0.15, -0.1) is 11.8 Å². The summed E-state index contributed by atoms with van der Waals surface area (Å²) in [7, 11) is 0. The molecule has 0 spiro atoms. The molecule has 0 aliphatic carbocycles. The molecule has 2 rings (SSSR count). The van der Waals surface area contributed by atoms with Gasteiger partial charge in [-0.25, -0.2) is 5.06 Å². The van der Waals surface area contributed by atoms with Crippen molar-refractivity contribution in [3.8, 4) is 0 Å². The molecule has 1 aliphatic heterocycles. The van der Waals surface area contributed by atoms with Gasteiger partial charge in [-0.3, -0.25) is 14.8 Å². The Labute approximate surface area is 127 Å². The molecule has 1 aliphatic rings. The Hall–Kier alpha value is -1.57. The summed E-state index contributed by atoms with van der Waals surface area (Å²) in [5.41, 5.74) is 0.846. The standard InChI is InChI=1S/C14H18N2O4S/c1-2-20-8-7-16-11-5-3-4-6-12(11)21-13(14(16)18)9-15(19)10-17/h3-6,10,13,19H,2,7-9H2,1H3. The number of carbonyl (C=O) groups excluding carboxylic acids is 2. The molecule has 7 heteroatoms. The predicted octanol–water partition coefficient (Wildman–Crippen LogP) is 1.38. The zero-order chi connectivity index (χ0) is 15.2. The molecule has 0 radical (unpaired) electrons. The number of hydrogen-bond donors (Lipinski definition) is 1. The van der Waals surface area contributed by atoms with E-state index in [-0.39, 0.29) is 12.5 Å². The molecular formula is C14H18N2O4S. The first kappa shape index (κ1) is 15.8. The van der Waals surface area contributed by atoms with E-state index in [9.17, 15) is 14.8 Å². The first-order valence-electron chi connectivity index (χ1n) is 6.73. The van der Waals surface area contributed by atoms with Crippen molar-refractivity contribution in [3.05, 3.63) is 24.3 Å². The highest BCUT2D eigenvalue weighted by Crippen LogP contribution is 2.39. The van der Waals surface area contributed by atoms with Gasteiger partial charge in [0, 0.05) is 18.0 Å². The fraction of sp³-hybridized carbons (Fsp3) is 0.429. The number of para-hydroxylation sites is 1. The summed E-state index contributed by atoms with van der Waals surface area (Å²) < 4.78 is 5.32. The fourth-order valence-electron chi connectivity index (χ4n) is 2.14. The van der Waals surface area contributed by atoms with Crippen molar-refractivity contribution in [1.29, 1.82) is 0 Å². The minimum absolute atomic E-state index is 0.0352. The molecule has 0 aromatic heterocycles. The Morgan fingerprint density at radius 3 is 2.95 bits per heavy atom. The maximum atomic E-state index is 12.5. The molecule has 0 saturated heterocycles. The fourth-order valence-corrected chi connectivity index (χ4v) is 3.35. The summed E-state index contributed by atoms with van der Waals surface area (Å²) in [6.07, 6.45) is 0.304. The van der Waals surface area contributed by atoms with Crippen LogP contribution < -0.4 is 4.90 Å². The highest BCUT2D eigenvalue weighted by Gasteiger charge is 2.34. The van der Waals surface area contributed by atoms with E-state index in [1.165, 1.54) is 11.8 Å². The molecule has 1 aromatic rings. The van der Waals surface area contributed by atoms with Crippen LogP contribution in [0.25, 0.3) is 0 Å². The van der Waals surface area contributed by atoms with Gasteiger partial charge in [0.15, 0.2) is 0 Å². The smallest absolute Gasteiger partial charge is 0.242 e. The summed E-state index contributed by atoms with van der Waals surface area (Å²) in [5, 5.41) is 9.32. The summed E-state index contributed by atoms with van der Waals surface area (Å²) in [4.78, 5) is 25.7. The summed E-state index contributed by atoms with van der Waals surface area (Å²) in [5.74, 6) is -0.126. The van der Waals surface area contributed by atoms with Crippen LogP contribution in [-0.2, 0) is 14.3 Å². The van der Waals surface area contributed by atoms with E-state index < -0.39 is 5.25 Å². The summed E-state index contributed by atoms with van der Waals surface area (Å²) in [6.45, 7) is 3.36. The first-order valence-corrected chi connectivity index (χ1v) is 7.61. The minimum Gasteiger partial charge on any atom is -0.380 e. The number of ether oxygens (including phenoxy) is 1. The quantitative estimate of drug-likeness (QED) is 0.356. The maximum Gasteiger partial charge on any atom is 0.242 e. The van der Waals surface area contributed by atoms with Crippen LogP contribution in [0.1, 0.15) is 6.92 Å². The SMILES string of the molecule is CCOCCN1C(=O)C(CN(O)C=O)Sc2ccccc21. The second kappa shape index (κ2) is 7.44. The van der Waals surface area contributed by atoms with Crippen molar-refractivity contribution >= 4 is 29.8 Å². The van der Waals surface area contributed by atoms with E-state index in [1.807, 2.05) is 31.2 Å². The van der Waals surface area contributed by atoms with Crippen LogP contribution in [0.4, 0.5) is 5.69 Å². The molecule has 2 amide bonds. The number of thioether (sulfide) groups is 1. The van der Waals surface area contributed by atoms with Crippen LogP contribution in [0.3, 0.4) is 0 Å². The van der Waals surface area contributed by atoms with Crippen LogP contribution in [0.5, 0.6) is 0 Å². The van der Waals surface area contributed by atoms with Gasteiger partial charge < -0.3 is 9.64 Å². The van der Waals surface area contributed by atoms with Gasteiger partial charge in [-0.05, 0) is 19.1 Å². The number of benzene rings is 1. The molecule has 1 atom stereocenters. The molecule has 21 heavy (non-hydrogen) atoms. The van der Waals surface area contributed by atoms with Crippen LogP contribution in [0.2, 0.25) is 0 Å². The van der Waals surface area contributed by atoms with Gasteiger partial charge in [0.05, 0.1) is 18.8 Å².